The Morgan fingerprint density at radius 1 is 1.00 bits per heavy atom. The van der Waals surface area contributed by atoms with Crippen molar-refractivity contribution < 1.29 is 9.84 Å². The first kappa shape index (κ1) is 15.5. The third-order valence-corrected chi connectivity index (χ3v) is 5.07. The van der Waals surface area contributed by atoms with E-state index in [2.05, 4.69) is 4.98 Å². The molecule has 0 unspecified atom stereocenters. The number of pyridine rings is 1. The lowest BCUT2D eigenvalue weighted by Gasteiger charge is -2.10. The number of aromatic nitrogens is 1. The molecule has 25 heavy (non-hydrogen) atoms. The van der Waals surface area contributed by atoms with Gasteiger partial charge in [-0.25, -0.2) is 0 Å². The molecule has 0 bridgehead atoms. The molecule has 5 heteroatoms. The van der Waals surface area contributed by atoms with E-state index in [4.69, 9.17) is 4.74 Å². The largest absolute Gasteiger partial charge is 0.506 e. The molecule has 4 nitrogen and oxygen atoms in total. The number of ether oxygens (including phenoxy) is 1. The van der Waals surface area contributed by atoms with Gasteiger partial charge in [0, 0.05) is 16.5 Å². The molecular weight excluding hydrogens is 334 g/mol. The van der Waals surface area contributed by atoms with E-state index in [0.29, 0.717) is 21.5 Å². The molecule has 0 atom stereocenters. The van der Waals surface area contributed by atoms with Gasteiger partial charge in [-0.2, -0.15) is 0 Å². The zero-order chi connectivity index (χ0) is 17.4. The van der Waals surface area contributed by atoms with Gasteiger partial charge in [-0.15, -0.1) is 11.3 Å². The van der Waals surface area contributed by atoms with Crippen LogP contribution in [-0.4, -0.2) is 17.2 Å². The van der Waals surface area contributed by atoms with Gasteiger partial charge in [0.25, 0.3) is 5.56 Å². The maximum Gasteiger partial charge on any atom is 0.260 e. The van der Waals surface area contributed by atoms with Crippen LogP contribution in [0.4, 0.5) is 0 Å². The Kier molecular flexibility index (Phi) is 3.78. The topological polar surface area (TPSA) is 62.3 Å². The van der Waals surface area contributed by atoms with Gasteiger partial charge in [-0.1, -0.05) is 48.5 Å². The predicted molar refractivity (Wildman–Crippen MR) is 102 cm³/mol. The lowest BCUT2D eigenvalue weighted by atomic mass is 10.00. The number of methoxy groups -OCH3 is 1. The monoisotopic (exact) mass is 349 g/mol. The third kappa shape index (κ3) is 2.49. The summed E-state index contributed by atoms with van der Waals surface area (Å²) in [7, 11) is 1.62. The van der Waals surface area contributed by atoms with Gasteiger partial charge in [0.05, 0.1) is 18.1 Å². The number of benzene rings is 2. The fourth-order valence-electron chi connectivity index (χ4n) is 3.02. The van der Waals surface area contributed by atoms with E-state index in [1.54, 1.807) is 7.11 Å². The zero-order valence-electron chi connectivity index (χ0n) is 13.4. The summed E-state index contributed by atoms with van der Waals surface area (Å²) in [5.74, 6) is 0.709. The molecule has 0 radical (unpaired) electrons. The van der Waals surface area contributed by atoms with Gasteiger partial charge in [0.2, 0.25) is 0 Å². The summed E-state index contributed by atoms with van der Waals surface area (Å²) >= 11 is 1.39. The highest BCUT2D eigenvalue weighted by atomic mass is 32.1. The highest BCUT2D eigenvalue weighted by molar-refractivity contribution is 7.17. The summed E-state index contributed by atoms with van der Waals surface area (Å²) in [6, 6.07) is 16.8. The summed E-state index contributed by atoms with van der Waals surface area (Å²) in [6.45, 7) is 0. The van der Waals surface area contributed by atoms with Crippen molar-refractivity contribution in [2.45, 2.75) is 0 Å². The molecule has 0 saturated heterocycles. The molecule has 2 aromatic heterocycles. The van der Waals surface area contributed by atoms with E-state index in [-0.39, 0.29) is 16.9 Å². The van der Waals surface area contributed by atoms with Crippen LogP contribution < -0.4 is 10.3 Å². The molecule has 2 heterocycles. The van der Waals surface area contributed by atoms with E-state index >= 15 is 0 Å². The first-order valence-electron chi connectivity index (χ1n) is 7.76. The molecule has 0 aliphatic rings. The summed E-state index contributed by atoms with van der Waals surface area (Å²) in [6.07, 6.45) is 0. The van der Waals surface area contributed by atoms with Gasteiger partial charge >= 0.3 is 0 Å². The second-order valence-corrected chi connectivity index (χ2v) is 6.48. The van der Waals surface area contributed by atoms with Crippen molar-refractivity contribution in [2.75, 3.05) is 7.11 Å². The molecule has 2 N–H and O–H groups in total. The van der Waals surface area contributed by atoms with Crippen LogP contribution in [-0.2, 0) is 0 Å². The van der Waals surface area contributed by atoms with Gasteiger partial charge in [0.15, 0.2) is 0 Å². The quantitative estimate of drug-likeness (QED) is 0.566. The van der Waals surface area contributed by atoms with Crippen LogP contribution >= 0.6 is 11.3 Å². The number of aromatic hydroxyl groups is 1. The molecule has 0 fully saturated rings. The zero-order valence-corrected chi connectivity index (χ0v) is 14.3. The first-order chi connectivity index (χ1) is 12.2. The highest BCUT2D eigenvalue weighted by Crippen LogP contribution is 2.43. The van der Waals surface area contributed by atoms with Crippen molar-refractivity contribution in [3.8, 4) is 33.8 Å². The normalized spacial score (nSPS) is 10.9. The lowest BCUT2D eigenvalue weighted by Crippen LogP contribution is -2.08. The van der Waals surface area contributed by atoms with Crippen LogP contribution in [0.5, 0.6) is 11.5 Å². The minimum atomic E-state index is -0.301. The van der Waals surface area contributed by atoms with Crippen molar-refractivity contribution in [1.82, 2.24) is 4.98 Å². The number of hydrogen-bond donors (Lipinski definition) is 2. The van der Waals surface area contributed by atoms with Crippen LogP contribution in [0, 0.1) is 0 Å². The number of fused-ring (bicyclic) bond motifs is 1. The standard InChI is InChI=1S/C20H15NO3S/c1-24-15-10-6-5-9-13(15)14-11-25-20-17(14)18(22)16(19(23)21-20)12-7-3-2-4-8-12/h2-11H,1H3,(H2,21,22,23). The Bertz CT molecular complexity index is 1110. The Hall–Kier alpha value is -3.05. The van der Waals surface area contributed by atoms with E-state index in [1.807, 2.05) is 60.0 Å². The Morgan fingerprint density at radius 3 is 2.48 bits per heavy atom. The van der Waals surface area contributed by atoms with Crippen LogP contribution in [0.3, 0.4) is 0 Å². The lowest BCUT2D eigenvalue weighted by molar-refractivity contribution is 0.416. The van der Waals surface area contributed by atoms with Crippen LogP contribution in [0.2, 0.25) is 0 Å². The average molecular weight is 349 g/mol. The average Bonchev–Trinajstić information content (AvgIpc) is 3.06. The Balaban J connectivity index is 2.05. The molecule has 4 rings (SSSR count). The summed E-state index contributed by atoms with van der Waals surface area (Å²) in [4.78, 5) is 16.0. The molecule has 0 aliphatic carbocycles. The van der Waals surface area contributed by atoms with Crippen LogP contribution in [0.25, 0.3) is 32.5 Å². The van der Waals surface area contributed by atoms with Crippen molar-refractivity contribution in [3.63, 3.8) is 0 Å². The fraction of sp³-hybridized carbons (Fsp3) is 0.0500. The number of H-pyrrole nitrogens is 1. The van der Waals surface area contributed by atoms with E-state index in [1.165, 1.54) is 11.3 Å². The molecule has 0 amide bonds. The van der Waals surface area contributed by atoms with Crippen LogP contribution in [0.15, 0.2) is 64.8 Å². The number of thiophene rings is 1. The Labute approximate surface area is 148 Å². The number of para-hydroxylation sites is 1. The number of aromatic amines is 1. The molecular formula is C20H15NO3S. The second-order valence-electron chi connectivity index (χ2n) is 5.60. The molecule has 0 aliphatic heterocycles. The summed E-state index contributed by atoms with van der Waals surface area (Å²) < 4.78 is 5.45. The van der Waals surface area contributed by atoms with Gasteiger partial charge < -0.3 is 14.8 Å². The molecule has 0 saturated carbocycles. The van der Waals surface area contributed by atoms with Crippen molar-refractivity contribution in [1.29, 1.82) is 0 Å². The minimum absolute atomic E-state index is 0.00731. The molecule has 0 spiro atoms. The second kappa shape index (κ2) is 6.11. The third-order valence-electron chi connectivity index (χ3n) is 4.18. The minimum Gasteiger partial charge on any atom is -0.506 e. The van der Waals surface area contributed by atoms with E-state index in [0.717, 1.165) is 11.1 Å². The Morgan fingerprint density at radius 2 is 1.72 bits per heavy atom. The van der Waals surface area contributed by atoms with E-state index < -0.39 is 0 Å². The maximum absolute atomic E-state index is 12.5. The van der Waals surface area contributed by atoms with Crippen molar-refractivity contribution in [2.24, 2.45) is 0 Å². The maximum atomic E-state index is 12.5. The van der Waals surface area contributed by atoms with Crippen molar-refractivity contribution >= 4 is 21.6 Å². The number of rotatable bonds is 3. The summed E-state index contributed by atoms with van der Waals surface area (Å²) in [5.41, 5.74) is 2.37. The van der Waals surface area contributed by atoms with Gasteiger partial charge in [-0.3, -0.25) is 4.79 Å². The molecule has 2 aromatic carbocycles. The highest BCUT2D eigenvalue weighted by Gasteiger charge is 2.20. The summed E-state index contributed by atoms with van der Waals surface area (Å²) in [5, 5.41) is 13.5. The number of hydrogen-bond acceptors (Lipinski definition) is 4. The number of nitrogens with one attached hydrogen (secondary N) is 1. The van der Waals surface area contributed by atoms with Crippen molar-refractivity contribution in [3.05, 3.63) is 70.3 Å². The SMILES string of the molecule is COc1ccccc1-c1csc2[nH]c(=O)c(-c3ccccc3)c(O)c12. The van der Waals surface area contributed by atoms with Crippen LogP contribution in [0.1, 0.15) is 0 Å². The van der Waals surface area contributed by atoms with E-state index in [9.17, 15) is 9.90 Å². The molecule has 124 valence electrons. The molecule has 4 aromatic rings. The van der Waals surface area contributed by atoms with Gasteiger partial charge in [-0.05, 0) is 11.6 Å². The predicted octanol–water partition coefficient (Wildman–Crippen LogP) is 4.64. The first-order valence-corrected chi connectivity index (χ1v) is 8.64. The smallest absolute Gasteiger partial charge is 0.260 e. The fourth-order valence-corrected chi connectivity index (χ4v) is 3.98. The van der Waals surface area contributed by atoms with Gasteiger partial charge in [0.1, 0.15) is 16.3 Å².